The molecule has 3 heteroatoms. The van der Waals surface area contributed by atoms with Crippen molar-refractivity contribution in [3.63, 3.8) is 0 Å². The predicted octanol–water partition coefficient (Wildman–Crippen LogP) is 17.3. The van der Waals surface area contributed by atoms with E-state index in [9.17, 15) is 0 Å². The van der Waals surface area contributed by atoms with Gasteiger partial charge in [0.25, 0.3) is 0 Å². The SMILES string of the molecule is Cc1cc(C)c2c(c1)C(C)(C)c1ccc(-c3cccc(N(c4ccc(-c5cccc6c5sc5ccccc56)cc4)c4ccc(-c5cccc6oc7ccccc7c56)cc4)c3)cc1-2. The lowest BCUT2D eigenvalue weighted by Gasteiger charge is -2.26. The predicted molar refractivity (Wildman–Crippen MR) is 265 cm³/mol. The highest BCUT2D eigenvalue weighted by Crippen LogP contribution is 2.52. The van der Waals surface area contributed by atoms with Gasteiger partial charge < -0.3 is 9.32 Å². The average molecular weight is 814 g/mol. The zero-order valence-corrected chi connectivity index (χ0v) is 36.0. The van der Waals surface area contributed by atoms with Gasteiger partial charge in [-0.1, -0.05) is 147 Å². The Balaban J connectivity index is 0.976. The second kappa shape index (κ2) is 13.9. The zero-order chi connectivity index (χ0) is 41.7. The van der Waals surface area contributed by atoms with Gasteiger partial charge in [0.1, 0.15) is 11.2 Å². The van der Waals surface area contributed by atoms with Gasteiger partial charge in [0.05, 0.1) is 0 Å². The Kier molecular flexibility index (Phi) is 8.23. The van der Waals surface area contributed by atoms with Crippen molar-refractivity contribution in [1.29, 1.82) is 0 Å². The summed E-state index contributed by atoms with van der Waals surface area (Å²) < 4.78 is 8.92. The molecule has 12 rings (SSSR count). The summed E-state index contributed by atoms with van der Waals surface area (Å²) in [5, 5.41) is 4.92. The van der Waals surface area contributed by atoms with Gasteiger partial charge in [0, 0.05) is 53.4 Å². The van der Waals surface area contributed by atoms with Crippen LogP contribution in [0.25, 0.3) is 86.6 Å². The first-order valence-corrected chi connectivity index (χ1v) is 22.3. The van der Waals surface area contributed by atoms with E-state index in [4.69, 9.17) is 4.42 Å². The van der Waals surface area contributed by atoms with Crippen LogP contribution >= 0.6 is 11.3 Å². The molecule has 0 unspecified atom stereocenters. The second-order valence-corrected chi connectivity index (χ2v) is 18.5. The zero-order valence-electron chi connectivity index (χ0n) is 35.2. The van der Waals surface area contributed by atoms with Gasteiger partial charge in [-0.05, 0) is 136 Å². The summed E-state index contributed by atoms with van der Waals surface area (Å²) in [6.45, 7) is 9.21. The molecule has 2 nitrogen and oxygen atoms in total. The Morgan fingerprint density at radius 2 is 1.08 bits per heavy atom. The molecule has 62 heavy (non-hydrogen) atoms. The Morgan fingerprint density at radius 1 is 0.452 bits per heavy atom. The molecular weight excluding hydrogens is 771 g/mol. The largest absolute Gasteiger partial charge is 0.456 e. The number of anilines is 3. The second-order valence-electron chi connectivity index (χ2n) is 17.4. The minimum absolute atomic E-state index is 0.0459. The third kappa shape index (κ3) is 5.69. The number of aryl methyl sites for hydroxylation is 2. The van der Waals surface area contributed by atoms with Crippen molar-refractivity contribution in [2.75, 3.05) is 4.90 Å². The highest BCUT2D eigenvalue weighted by molar-refractivity contribution is 7.26. The Bertz CT molecular complexity index is 3570. The van der Waals surface area contributed by atoms with Crippen LogP contribution in [0.1, 0.15) is 36.1 Å². The van der Waals surface area contributed by atoms with E-state index in [0.717, 1.165) is 44.6 Å². The summed E-state index contributed by atoms with van der Waals surface area (Å²) >= 11 is 1.88. The van der Waals surface area contributed by atoms with Crippen LogP contribution < -0.4 is 4.90 Å². The first-order valence-electron chi connectivity index (χ1n) is 21.5. The number of hydrogen-bond acceptors (Lipinski definition) is 3. The molecule has 2 aromatic heterocycles. The number of furan rings is 1. The van der Waals surface area contributed by atoms with Crippen molar-refractivity contribution in [1.82, 2.24) is 0 Å². The maximum Gasteiger partial charge on any atom is 0.136 e. The maximum atomic E-state index is 6.28. The average Bonchev–Trinajstić information content (AvgIpc) is 3.95. The Morgan fingerprint density at radius 3 is 1.89 bits per heavy atom. The molecule has 9 aromatic carbocycles. The van der Waals surface area contributed by atoms with Crippen molar-refractivity contribution in [3.8, 4) is 44.5 Å². The van der Waals surface area contributed by atoms with Crippen LogP contribution in [0.5, 0.6) is 0 Å². The van der Waals surface area contributed by atoms with Gasteiger partial charge in [-0.3, -0.25) is 0 Å². The van der Waals surface area contributed by atoms with Crippen LogP contribution in [0.3, 0.4) is 0 Å². The summed E-state index contributed by atoms with van der Waals surface area (Å²) in [4.78, 5) is 2.39. The Labute approximate surface area is 366 Å². The Hall–Kier alpha value is -7.20. The molecule has 11 aromatic rings. The van der Waals surface area contributed by atoms with Crippen LogP contribution in [0, 0.1) is 13.8 Å². The van der Waals surface area contributed by atoms with Gasteiger partial charge in [0.2, 0.25) is 0 Å². The number of rotatable bonds is 6. The minimum Gasteiger partial charge on any atom is -0.456 e. The third-order valence-electron chi connectivity index (χ3n) is 13.2. The molecule has 1 aliphatic rings. The molecule has 0 N–H and O–H groups in total. The lowest BCUT2D eigenvalue weighted by atomic mass is 9.81. The van der Waals surface area contributed by atoms with E-state index in [2.05, 4.69) is 209 Å². The fourth-order valence-electron chi connectivity index (χ4n) is 10.3. The lowest BCUT2D eigenvalue weighted by Crippen LogP contribution is -2.15. The molecule has 0 aliphatic heterocycles. The summed E-state index contributed by atoms with van der Waals surface area (Å²) in [6.07, 6.45) is 0. The number of hydrogen-bond donors (Lipinski definition) is 0. The van der Waals surface area contributed by atoms with Gasteiger partial charge in [-0.25, -0.2) is 0 Å². The first-order chi connectivity index (χ1) is 30.3. The molecule has 0 amide bonds. The summed E-state index contributed by atoms with van der Waals surface area (Å²) in [5.41, 5.74) is 20.5. The number of benzene rings is 9. The van der Waals surface area contributed by atoms with Crippen molar-refractivity contribution < 1.29 is 4.42 Å². The van der Waals surface area contributed by atoms with E-state index in [1.165, 1.54) is 81.4 Å². The topological polar surface area (TPSA) is 16.4 Å². The fraction of sp³-hybridized carbons (Fsp3) is 0.0847. The molecule has 0 bridgehead atoms. The number of nitrogens with zero attached hydrogens (tertiary/aromatic N) is 1. The smallest absolute Gasteiger partial charge is 0.136 e. The van der Waals surface area contributed by atoms with E-state index in [0.29, 0.717) is 0 Å². The monoisotopic (exact) mass is 813 g/mol. The van der Waals surface area contributed by atoms with Crippen LogP contribution in [-0.4, -0.2) is 0 Å². The molecule has 1 aliphatic carbocycles. The number of para-hydroxylation sites is 1. The summed E-state index contributed by atoms with van der Waals surface area (Å²) in [6, 6.07) is 69.1. The molecule has 2 heterocycles. The molecule has 0 atom stereocenters. The summed E-state index contributed by atoms with van der Waals surface area (Å²) in [7, 11) is 0. The van der Waals surface area contributed by atoms with Crippen LogP contribution in [0.15, 0.2) is 192 Å². The quantitative estimate of drug-likeness (QED) is 0.166. The lowest BCUT2D eigenvalue weighted by molar-refractivity contribution is 0.659. The number of fused-ring (bicyclic) bond motifs is 9. The van der Waals surface area contributed by atoms with Gasteiger partial charge >= 0.3 is 0 Å². The maximum absolute atomic E-state index is 6.28. The highest BCUT2D eigenvalue weighted by atomic mass is 32.1. The van der Waals surface area contributed by atoms with Crippen LogP contribution in [0.4, 0.5) is 17.1 Å². The molecule has 0 saturated heterocycles. The van der Waals surface area contributed by atoms with Gasteiger partial charge in [-0.15, -0.1) is 11.3 Å². The normalized spacial score (nSPS) is 13.0. The molecule has 0 spiro atoms. The van der Waals surface area contributed by atoms with Crippen LogP contribution in [0.2, 0.25) is 0 Å². The number of thiophene rings is 1. The van der Waals surface area contributed by atoms with E-state index in [1.54, 1.807) is 0 Å². The fourth-order valence-corrected chi connectivity index (χ4v) is 11.5. The van der Waals surface area contributed by atoms with E-state index < -0.39 is 0 Å². The molecule has 296 valence electrons. The van der Waals surface area contributed by atoms with Crippen LogP contribution in [-0.2, 0) is 5.41 Å². The molecule has 0 fully saturated rings. The van der Waals surface area contributed by atoms with E-state index >= 15 is 0 Å². The van der Waals surface area contributed by atoms with Crippen molar-refractivity contribution in [2.45, 2.75) is 33.1 Å². The first kappa shape index (κ1) is 36.6. The van der Waals surface area contributed by atoms with Crippen molar-refractivity contribution in [3.05, 3.63) is 210 Å². The highest BCUT2D eigenvalue weighted by Gasteiger charge is 2.36. The van der Waals surface area contributed by atoms with Gasteiger partial charge in [-0.2, -0.15) is 0 Å². The van der Waals surface area contributed by atoms with Crippen molar-refractivity contribution >= 4 is 70.5 Å². The van der Waals surface area contributed by atoms with E-state index in [1.807, 2.05) is 23.5 Å². The van der Waals surface area contributed by atoms with E-state index in [-0.39, 0.29) is 5.41 Å². The standard InChI is InChI=1S/C59H43NOS/c1-36-32-37(2)56-50-35-41(26-31-51(50)59(3,4)52(56)33-36)40-12-9-13-44(34-40)60(42-27-22-38(23-28-42)45-16-11-20-54-57(45)49-15-5-7-19-53(49)61-54)43-29-24-39(25-30-43)46-17-10-18-48-47-14-6-8-21-55(47)62-58(46)48/h5-35H,1-4H3. The van der Waals surface area contributed by atoms with Gasteiger partial charge in [0.15, 0.2) is 0 Å². The molecule has 0 saturated carbocycles. The van der Waals surface area contributed by atoms with Crippen molar-refractivity contribution in [2.24, 2.45) is 0 Å². The molecular formula is C59H43NOS. The third-order valence-corrected chi connectivity index (χ3v) is 14.5. The summed E-state index contributed by atoms with van der Waals surface area (Å²) in [5.74, 6) is 0. The molecule has 0 radical (unpaired) electrons. The minimum atomic E-state index is -0.0459.